The van der Waals surface area contributed by atoms with Gasteiger partial charge in [-0.1, -0.05) is 24.3 Å². The normalized spacial score (nSPS) is 22.7. The number of aliphatic hydroxyl groups is 1. The van der Waals surface area contributed by atoms with Gasteiger partial charge in [-0.15, -0.1) is 0 Å². The van der Waals surface area contributed by atoms with Gasteiger partial charge in [-0.2, -0.15) is 5.10 Å². The Morgan fingerprint density at radius 3 is 3.00 bits per heavy atom. The van der Waals surface area contributed by atoms with Gasteiger partial charge in [0.1, 0.15) is 5.60 Å². The summed E-state index contributed by atoms with van der Waals surface area (Å²) in [6, 6.07) is 10.1. The van der Waals surface area contributed by atoms with Gasteiger partial charge in [-0.3, -0.25) is 4.68 Å². The zero-order valence-corrected chi connectivity index (χ0v) is 9.93. The maximum absolute atomic E-state index is 11.0. The van der Waals surface area contributed by atoms with Crippen LogP contribution in [0.3, 0.4) is 0 Å². The van der Waals surface area contributed by atoms with Crippen molar-refractivity contribution >= 4 is 0 Å². The van der Waals surface area contributed by atoms with E-state index in [4.69, 9.17) is 0 Å². The fraction of sp³-hybridized carbons (Fsp3) is 0.357. The molecule has 1 heterocycles. The molecule has 0 aliphatic heterocycles. The minimum Gasteiger partial charge on any atom is -0.379 e. The van der Waals surface area contributed by atoms with Crippen LogP contribution >= 0.6 is 0 Å². The van der Waals surface area contributed by atoms with Gasteiger partial charge in [0.15, 0.2) is 0 Å². The molecule has 3 nitrogen and oxygen atoms in total. The molecule has 17 heavy (non-hydrogen) atoms. The van der Waals surface area contributed by atoms with E-state index in [0.29, 0.717) is 0 Å². The zero-order valence-electron chi connectivity index (χ0n) is 9.93. The van der Waals surface area contributed by atoms with E-state index in [0.717, 1.165) is 30.6 Å². The maximum Gasteiger partial charge on any atom is 0.132 e. The summed E-state index contributed by atoms with van der Waals surface area (Å²) < 4.78 is 1.88. The summed E-state index contributed by atoms with van der Waals surface area (Å²) in [4.78, 5) is 0. The van der Waals surface area contributed by atoms with Gasteiger partial charge in [0.25, 0.3) is 0 Å². The fourth-order valence-electron chi connectivity index (χ4n) is 2.79. The van der Waals surface area contributed by atoms with Crippen LogP contribution in [0, 0.1) is 0 Å². The summed E-state index contributed by atoms with van der Waals surface area (Å²) in [5.41, 5.74) is 2.34. The van der Waals surface area contributed by atoms with Crippen LogP contribution in [-0.2, 0) is 18.6 Å². The molecular formula is C14H16N2O. The molecule has 3 heteroatoms. The molecule has 0 spiro atoms. The molecule has 1 aromatic heterocycles. The molecule has 88 valence electrons. The zero-order chi connectivity index (χ0) is 11.9. The Balaban J connectivity index is 2.15. The van der Waals surface area contributed by atoms with E-state index < -0.39 is 5.60 Å². The van der Waals surface area contributed by atoms with E-state index in [1.807, 2.05) is 35.9 Å². The third-order valence-electron chi connectivity index (χ3n) is 3.66. The van der Waals surface area contributed by atoms with Crippen molar-refractivity contribution in [3.63, 3.8) is 0 Å². The van der Waals surface area contributed by atoms with Crippen molar-refractivity contribution in [3.8, 4) is 0 Å². The third kappa shape index (κ3) is 1.42. The summed E-state index contributed by atoms with van der Waals surface area (Å²) in [6.07, 6.45) is 3.44. The Morgan fingerprint density at radius 1 is 1.35 bits per heavy atom. The summed E-state index contributed by atoms with van der Waals surface area (Å²) in [5, 5.41) is 15.2. The van der Waals surface area contributed by atoms with E-state index in [1.54, 1.807) is 6.20 Å². The molecule has 0 bridgehead atoms. The van der Waals surface area contributed by atoms with Crippen LogP contribution in [0.2, 0.25) is 0 Å². The van der Waals surface area contributed by atoms with Crippen molar-refractivity contribution in [2.45, 2.75) is 31.9 Å². The minimum absolute atomic E-state index is 0.748. The molecule has 0 radical (unpaired) electrons. The molecule has 2 aromatic rings. The van der Waals surface area contributed by atoms with E-state index >= 15 is 0 Å². The highest BCUT2D eigenvalue weighted by Crippen LogP contribution is 2.41. The Morgan fingerprint density at radius 2 is 2.18 bits per heavy atom. The second kappa shape index (κ2) is 3.70. The number of hydrogen-bond acceptors (Lipinski definition) is 2. The van der Waals surface area contributed by atoms with Crippen LogP contribution in [0.5, 0.6) is 0 Å². The van der Waals surface area contributed by atoms with E-state index in [1.165, 1.54) is 5.56 Å². The summed E-state index contributed by atoms with van der Waals surface area (Å²) in [5.74, 6) is 0. The Hall–Kier alpha value is -1.61. The number of benzene rings is 1. The summed E-state index contributed by atoms with van der Waals surface area (Å²) >= 11 is 0. The van der Waals surface area contributed by atoms with Gasteiger partial charge >= 0.3 is 0 Å². The van der Waals surface area contributed by atoms with Crippen molar-refractivity contribution in [3.05, 3.63) is 53.3 Å². The first kappa shape index (κ1) is 10.5. The van der Waals surface area contributed by atoms with Gasteiger partial charge in [-0.25, -0.2) is 0 Å². The van der Waals surface area contributed by atoms with Crippen LogP contribution in [0.4, 0.5) is 0 Å². The molecule has 0 amide bonds. The Kier molecular flexibility index (Phi) is 2.30. The predicted molar refractivity (Wildman–Crippen MR) is 65.7 cm³/mol. The van der Waals surface area contributed by atoms with Gasteiger partial charge in [0, 0.05) is 12.7 Å². The van der Waals surface area contributed by atoms with Crippen LogP contribution in [0.25, 0.3) is 0 Å². The van der Waals surface area contributed by atoms with Crippen molar-refractivity contribution < 1.29 is 5.11 Å². The number of rotatable bonds is 2. The molecule has 0 saturated heterocycles. The lowest BCUT2D eigenvalue weighted by Crippen LogP contribution is -2.27. The van der Waals surface area contributed by atoms with Crippen molar-refractivity contribution in [2.24, 2.45) is 0 Å². The van der Waals surface area contributed by atoms with E-state index in [2.05, 4.69) is 11.2 Å². The highest BCUT2D eigenvalue weighted by molar-refractivity contribution is 5.42. The lowest BCUT2D eigenvalue weighted by molar-refractivity contribution is 0.0730. The average Bonchev–Trinajstić information content (AvgIpc) is 2.96. The van der Waals surface area contributed by atoms with Crippen molar-refractivity contribution in [1.29, 1.82) is 0 Å². The molecule has 0 saturated carbocycles. The molecule has 1 aliphatic rings. The second-order valence-electron chi connectivity index (χ2n) is 4.55. The number of aromatic nitrogens is 2. The first-order valence-electron chi connectivity index (χ1n) is 6.09. The monoisotopic (exact) mass is 228 g/mol. The summed E-state index contributed by atoms with van der Waals surface area (Å²) in [7, 11) is 0. The largest absolute Gasteiger partial charge is 0.379 e. The highest BCUT2D eigenvalue weighted by atomic mass is 16.3. The van der Waals surface area contributed by atoms with Crippen LogP contribution in [0.1, 0.15) is 30.2 Å². The number of aryl methyl sites for hydroxylation is 2. The fourth-order valence-corrected chi connectivity index (χ4v) is 2.79. The van der Waals surface area contributed by atoms with Gasteiger partial charge in [-0.05, 0) is 37.0 Å². The Bertz CT molecular complexity index is 547. The lowest BCUT2D eigenvalue weighted by Gasteiger charge is -2.24. The Labute approximate surface area is 101 Å². The van der Waals surface area contributed by atoms with Gasteiger partial charge in [0.05, 0.1) is 5.69 Å². The molecule has 1 N–H and O–H groups in total. The minimum atomic E-state index is -0.858. The van der Waals surface area contributed by atoms with E-state index in [9.17, 15) is 5.11 Å². The number of hydrogen-bond donors (Lipinski definition) is 1. The first-order chi connectivity index (χ1) is 8.25. The molecule has 1 atom stereocenters. The molecule has 1 unspecified atom stereocenters. The second-order valence-corrected chi connectivity index (χ2v) is 4.55. The van der Waals surface area contributed by atoms with E-state index in [-0.39, 0.29) is 0 Å². The SMILES string of the molecule is CCn1nccc1C1(O)CCc2ccccc21. The molecule has 0 fully saturated rings. The third-order valence-corrected chi connectivity index (χ3v) is 3.66. The predicted octanol–water partition coefficient (Wildman–Crippen LogP) is 2.09. The van der Waals surface area contributed by atoms with Gasteiger partial charge < -0.3 is 5.11 Å². The summed E-state index contributed by atoms with van der Waals surface area (Å²) in [6.45, 7) is 2.83. The van der Waals surface area contributed by atoms with Crippen LogP contribution in [0.15, 0.2) is 36.5 Å². The molecular weight excluding hydrogens is 212 g/mol. The number of nitrogens with zero attached hydrogens (tertiary/aromatic N) is 2. The van der Waals surface area contributed by atoms with Crippen LogP contribution in [-0.4, -0.2) is 14.9 Å². The quantitative estimate of drug-likeness (QED) is 0.854. The first-order valence-corrected chi connectivity index (χ1v) is 6.09. The van der Waals surface area contributed by atoms with Crippen LogP contribution < -0.4 is 0 Å². The number of fused-ring (bicyclic) bond motifs is 1. The molecule has 1 aliphatic carbocycles. The molecule has 1 aromatic carbocycles. The highest BCUT2D eigenvalue weighted by Gasteiger charge is 2.40. The average molecular weight is 228 g/mol. The topological polar surface area (TPSA) is 38.0 Å². The standard InChI is InChI=1S/C14H16N2O/c1-2-16-13(8-10-15-16)14(17)9-7-11-5-3-4-6-12(11)14/h3-6,8,10,17H,2,7,9H2,1H3. The smallest absolute Gasteiger partial charge is 0.132 e. The molecule has 3 rings (SSSR count). The maximum atomic E-state index is 11.0. The van der Waals surface area contributed by atoms with Crippen molar-refractivity contribution in [1.82, 2.24) is 9.78 Å². The van der Waals surface area contributed by atoms with Crippen molar-refractivity contribution in [2.75, 3.05) is 0 Å². The lowest BCUT2D eigenvalue weighted by atomic mass is 9.92. The van der Waals surface area contributed by atoms with Gasteiger partial charge in [0.2, 0.25) is 0 Å².